The van der Waals surface area contributed by atoms with Crippen LogP contribution in [0, 0.1) is 0 Å². The largest absolute Gasteiger partial charge is 0.397 e. The molecule has 2 rings (SSSR count). The Morgan fingerprint density at radius 3 is 2.76 bits per heavy atom. The number of nitrogen functional groups attached to an aromatic ring is 1. The summed E-state index contributed by atoms with van der Waals surface area (Å²) in [6.45, 7) is 6.12. The van der Waals surface area contributed by atoms with Gasteiger partial charge < -0.3 is 15.6 Å². The number of nitrogens with one attached hydrogen (secondary N) is 1. The Morgan fingerprint density at radius 2 is 2.24 bits per heavy atom. The SMILES string of the molecule is CCC(C)(C)NC(=O)c1cc(N)cn1C1CC1. The Kier molecular flexibility index (Phi) is 2.89. The third kappa shape index (κ3) is 2.62. The number of rotatable bonds is 4. The number of carbonyl (C=O) groups excluding carboxylic acids is 1. The van der Waals surface area contributed by atoms with Crippen LogP contribution in [0.25, 0.3) is 0 Å². The van der Waals surface area contributed by atoms with E-state index < -0.39 is 0 Å². The standard InChI is InChI=1S/C13H21N3O/c1-4-13(2,3)15-12(17)11-7-9(14)8-16(11)10-5-6-10/h7-8,10H,4-6,14H2,1-3H3,(H,15,17). The average Bonchev–Trinajstić information content (AvgIpc) is 3.01. The second kappa shape index (κ2) is 4.09. The van der Waals surface area contributed by atoms with Crippen molar-refractivity contribution < 1.29 is 4.79 Å². The number of aromatic nitrogens is 1. The molecule has 1 saturated carbocycles. The van der Waals surface area contributed by atoms with Gasteiger partial charge in [-0.25, -0.2) is 0 Å². The van der Waals surface area contributed by atoms with Crippen LogP contribution in [0.4, 0.5) is 5.69 Å². The van der Waals surface area contributed by atoms with E-state index in [1.165, 1.54) is 0 Å². The van der Waals surface area contributed by atoms with Gasteiger partial charge in [0.05, 0.1) is 5.69 Å². The molecule has 17 heavy (non-hydrogen) atoms. The van der Waals surface area contributed by atoms with Gasteiger partial charge in [-0.05, 0) is 39.2 Å². The van der Waals surface area contributed by atoms with Crippen molar-refractivity contribution in [3.05, 3.63) is 18.0 Å². The van der Waals surface area contributed by atoms with Crippen LogP contribution in [0.2, 0.25) is 0 Å². The molecule has 0 aliphatic heterocycles. The summed E-state index contributed by atoms with van der Waals surface area (Å²) in [7, 11) is 0. The van der Waals surface area contributed by atoms with E-state index in [2.05, 4.69) is 12.2 Å². The zero-order valence-corrected chi connectivity index (χ0v) is 10.8. The molecule has 0 saturated heterocycles. The lowest BCUT2D eigenvalue weighted by Gasteiger charge is -2.24. The summed E-state index contributed by atoms with van der Waals surface area (Å²) < 4.78 is 2.01. The minimum atomic E-state index is -0.176. The van der Waals surface area contributed by atoms with Crippen molar-refractivity contribution in [2.45, 2.75) is 51.6 Å². The smallest absolute Gasteiger partial charge is 0.268 e. The van der Waals surface area contributed by atoms with Gasteiger partial charge >= 0.3 is 0 Å². The maximum absolute atomic E-state index is 12.2. The van der Waals surface area contributed by atoms with Crippen LogP contribution in [0.3, 0.4) is 0 Å². The van der Waals surface area contributed by atoms with Crippen molar-refractivity contribution in [2.24, 2.45) is 0 Å². The molecule has 0 radical (unpaired) electrons. The van der Waals surface area contributed by atoms with E-state index in [-0.39, 0.29) is 11.4 Å². The molecule has 1 aromatic rings. The first kappa shape index (κ1) is 12.0. The van der Waals surface area contributed by atoms with Gasteiger partial charge in [0.2, 0.25) is 0 Å². The number of anilines is 1. The Labute approximate surface area is 102 Å². The maximum Gasteiger partial charge on any atom is 0.268 e. The molecule has 3 N–H and O–H groups in total. The van der Waals surface area contributed by atoms with Gasteiger partial charge in [-0.2, -0.15) is 0 Å². The minimum Gasteiger partial charge on any atom is -0.397 e. The molecule has 0 bridgehead atoms. The molecule has 1 heterocycles. The van der Waals surface area contributed by atoms with Crippen molar-refractivity contribution in [1.82, 2.24) is 9.88 Å². The van der Waals surface area contributed by atoms with Crippen LogP contribution < -0.4 is 11.1 Å². The lowest BCUT2D eigenvalue weighted by atomic mass is 10.0. The van der Waals surface area contributed by atoms with E-state index in [0.29, 0.717) is 17.4 Å². The summed E-state index contributed by atoms with van der Waals surface area (Å²) in [6.07, 6.45) is 5.06. The molecule has 0 aromatic carbocycles. The Hall–Kier alpha value is -1.45. The average molecular weight is 235 g/mol. The van der Waals surface area contributed by atoms with Gasteiger partial charge in [-0.3, -0.25) is 4.79 Å². The van der Waals surface area contributed by atoms with Crippen molar-refractivity contribution in [2.75, 3.05) is 5.73 Å². The fourth-order valence-electron chi connectivity index (χ4n) is 1.80. The molecule has 0 atom stereocenters. The van der Waals surface area contributed by atoms with Crippen molar-refractivity contribution in [1.29, 1.82) is 0 Å². The van der Waals surface area contributed by atoms with Crippen molar-refractivity contribution in [3.8, 4) is 0 Å². The van der Waals surface area contributed by atoms with Crippen LogP contribution in [0.1, 0.15) is 56.6 Å². The highest BCUT2D eigenvalue weighted by Crippen LogP contribution is 2.37. The van der Waals surface area contributed by atoms with E-state index in [9.17, 15) is 4.79 Å². The first-order valence-corrected chi connectivity index (χ1v) is 6.23. The molecular formula is C13H21N3O. The number of nitrogens with two attached hydrogens (primary N) is 1. The second-order valence-electron chi connectivity index (χ2n) is 5.49. The van der Waals surface area contributed by atoms with E-state index in [4.69, 9.17) is 5.73 Å². The van der Waals surface area contributed by atoms with Crippen LogP contribution in [-0.4, -0.2) is 16.0 Å². The Bertz CT molecular complexity index is 430. The number of nitrogens with zero attached hydrogens (tertiary/aromatic N) is 1. The monoisotopic (exact) mass is 235 g/mol. The number of carbonyl (C=O) groups is 1. The normalized spacial score (nSPS) is 15.9. The fourth-order valence-corrected chi connectivity index (χ4v) is 1.80. The predicted octanol–water partition coefficient (Wildman–Crippen LogP) is 2.32. The van der Waals surface area contributed by atoms with Crippen LogP contribution in [0.15, 0.2) is 12.3 Å². The maximum atomic E-state index is 12.2. The molecule has 1 amide bonds. The van der Waals surface area contributed by atoms with E-state index in [1.54, 1.807) is 6.07 Å². The molecule has 1 fully saturated rings. The third-order valence-corrected chi connectivity index (χ3v) is 3.38. The minimum absolute atomic E-state index is 0.0274. The second-order valence-corrected chi connectivity index (χ2v) is 5.49. The molecule has 94 valence electrons. The number of hydrogen-bond donors (Lipinski definition) is 2. The summed E-state index contributed by atoms with van der Waals surface area (Å²) in [5.74, 6) is -0.0274. The lowest BCUT2D eigenvalue weighted by molar-refractivity contribution is 0.0901. The van der Waals surface area contributed by atoms with Crippen LogP contribution in [0.5, 0.6) is 0 Å². The van der Waals surface area contributed by atoms with Crippen molar-refractivity contribution in [3.63, 3.8) is 0 Å². The first-order chi connectivity index (χ1) is 7.93. The summed E-state index contributed by atoms with van der Waals surface area (Å²) in [5.41, 5.74) is 6.95. The predicted molar refractivity (Wildman–Crippen MR) is 69.0 cm³/mol. The van der Waals surface area contributed by atoms with Gasteiger partial charge in [0.15, 0.2) is 0 Å². The first-order valence-electron chi connectivity index (χ1n) is 6.23. The molecule has 4 heteroatoms. The molecule has 1 aliphatic carbocycles. The highest BCUT2D eigenvalue weighted by Gasteiger charge is 2.29. The Morgan fingerprint density at radius 1 is 1.59 bits per heavy atom. The fraction of sp³-hybridized carbons (Fsp3) is 0.615. The van der Waals surface area contributed by atoms with Crippen LogP contribution in [-0.2, 0) is 0 Å². The van der Waals surface area contributed by atoms with Gasteiger partial charge in [-0.1, -0.05) is 6.92 Å². The molecule has 1 aromatic heterocycles. The number of amides is 1. The molecule has 0 spiro atoms. The van der Waals surface area contributed by atoms with E-state index in [0.717, 1.165) is 19.3 Å². The highest BCUT2D eigenvalue weighted by atomic mass is 16.2. The summed E-state index contributed by atoms with van der Waals surface area (Å²) in [5, 5.41) is 3.04. The molecule has 1 aliphatic rings. The van der Waals surface area contributed by atoms with Crippen LogP contribution >= 0.6 is 0 Å². The lowest BCUT2D eigenvalue weighted by Crippen LogP contribution is -2.43. The quantitative estimate of drug-likeness (QED) is 0.841. The molecule has 0 unspecified atom stereocenters. The van der Waals surface area contributed by atoms with Crippen molar-refractivity contribution >= 4 is 11.6 Å². The van der Waals surface area contributed by atoms with E-state index in [1.807, 2.05) is 24.6 Å². The van der Waals surface area contributed by atoms with E-state index >= 15 is 0 Å². The summed E-state index contributed by atoms with van der Waals surface area (Å²) in [6, 6.07) is 2.23. The third-order valence-electron chi connectivity index (χ3n) is 3.38. The zero-order valence-electron chi connectivity index (χ0n) is 10.8. The highest BCUT2D eigenvalue weighted by molar-refractivity contribution is 5.94. The zero-order chi connectivity index (χ0) is 12.6. The topological polar surface area (TPSA) is 60.1 Å². The number of hydrogen-bond acceptors (Lipinski definition) is 2. The van der Waals surface area contributed by atoms with Gasteiger partial charge in [0, 0.05) is 17.8 Å². The Balaban J connectivity index is 2.18. The van der Waals surface area contributed by atoms with Gasteiger partial charge in [-0.15, -0.1) is 0 Å². The van der Waals surface area contributed by atoms with Gasteiger partial charge in [0.1, 0.15) is 5.69 Å². The summed E-state index contributed by atoms with van der Waals surface area (Å²) >= 11 is 0. The molecule has 4 nitrogen and oxygen atoms in total. The summed E-state index contributed by atoms with van der Waals surface area (Å²) in [4.78, 5) is 12.2. The molecular weight excluding hydrogens is 214 g/mol. The van der Waals surface area contributed by atoms with Gasteiger partial charge in [0.25, 0.3) is 5.91 Å².